The molecule has 1 aliphatic heterocycles. The molecule has 1 aliphatic rings. The number of amides is 2. The minimum atomic E-state index is -0.804. The summed E-state index contributed by atoms with van der Waals surface area (Å²) in [6, 6.07) is 1.70. The molecule has 0 spiro atoms. The fraction of sp³-hybridized carbons (Fsp3) is 0.583. The van der Waals surface area contributed by atoms with Crippen molar-refractivity contribution in [3.05, 3.63) is 18.0 Å². The second-order valence-electron chi connectivity index (χ2n) is 4.80. The molecule has 1 fully saturated rings. The number of rotatable bonds is 4. The van der Waals surface area contributed by atoms with Crippen LogP contribution in [0.3, 0.4) is 0 Å². The highest BCUT2D eigenvalue weighted by molar-refractivity contribution is 5.74. The van der Waals surface area contributed by atoms with Gasteiger partial charge in [0, 0.05) is 32.8 Å². The SMILES string of the molecule is Cn1nccc1CNC(=O)N1CCC(CC(=O)O)C1. The van der Waals surface area contributed by atoms with Crippen molar-refractivity contribution in [3.63, 3.8) is 0 Å². The van der Waals surface area contributed by atoms with Crippen LogP contribution >= 0.6 is 0 Å². The first-order chi connectivity index (χ1) is 9.06. The Morgan fingerprint density at radius 1 is 1.58 bits per heavy atom. The summed E-state index contributed by atoms with van der Waals surface area (Å²) in [5, 5.41) is 15.6. The summed E-state index contributed by atoms with van der Waals surface area (Å²) >= 11 is 0. The van der Waals surface area contributed by atoms with Crippen LogP contribution in [0, 0.1) is 5.92 Å². The monoisotopic (exact) mass is 266 g/mol. The van der Waals surface area contributed by atoms with Gasteiger partial charge in [0.1, 0.15) is 0 Å². The second-order valence-corrected chi connectivity index (χ2v) is 4.80. The molecule has 2 N–H and O–H groups in total. The molecule has 2 amide bonds. The topological polar surface area (TPSA) is 87.5 Å². The third-order valence-corrected chi connectivity index (χ3v) is 3.38. The van der Waals surface area contributed by atoms with Crippen molar-refractivity contribution in [3.8, 4) is 0 Å². The molecular formula is C12H18N4O3. The quantitative estimate of drug-likeness (QED) is 0.827. The molecule has 1 unspecified atom stereocenters. The van der Waals surface area contributed by atoms with Gasteiger partial charge in [-0.15, -0.1) is 0 Å². The standard InChI is InChI=1S/C12H18N4O3/c1-15-10(2-4-14-15)7-13-12(19)16-5-3-9(8-16)6-11(17)18/h2,4,9H,3,5-8H2,1H3,(H,13,19)(H,17,18). The number of nitrogens with one attached hydrogen (secondary N) is 1. The number of carboxylic acid groups (broad SMARTS) is 1. The highest BCUT2D eigenvalue weighted by Crippen LogP contribution is 2.19. The van der Waals surface area contributed by atoms with E-state index in [0.29, 0.717) is 19.6 Å². The van der Waals surface area contributed by atoms with Crippen molar-refractivity contribution in [2.45, 2.75) is 19.4 Å². The Kier molecular flexibility index (Phi) is 4.03. The smallest absolute Gasteiger partial charge is 0.317 e. The van der Waals surface area contributed by atoms with Crippen molar-refractivity contribution >= 4 is 12.0 Å². The zero-order valence-corrected chi connectivity index (χ0v) is 10.9. The molecule has 1 saturated heterocycles. The predicted molar refractivity (Wildman–Crippen MR) is 67.4 cm³/mol. The van der Waals surface area contributed by atoms with Crippen molar-refractivity contribution in [2.24, 2.45) is 13.0 Å². The molecule has 7 heteroatoms. The Bertz CT molecular complexity index is 471. The van der Waals surface area contributed by atoms with Crippen molar-refractivity contribution in [2.75, 3.05) is 13.1 Å². The van der Waals surface area contributed by atoms with Crippen LogP contribution in [0.15, 0.2) is 12.3 Å². The van der Waals surface area contributed by atoms with E-state index in [1.165, 1.54) is 0 Å². The third kappa shape index (κ3) is 3.46. The molecule has 104 valence electrons. The van der Waals surface area contributed by atoms with E-state index in [1.54, 1.807) is 15.8 Å². The van der Waals surface area contributed by atoms with E-state index in [0.717, 1.165) is 12.1 Å². The Morgan fingerprint density at radius 3 is 3.00 bits per heavy atom. The minimum Gasteiger partial charge on any atom is -0.481 e. The lowest BCUT2D eigenvalue weighted by Gasteiger charge is -2.17. The van der Waals surface area contributed by atoms with Gasteiger partial charge in [0.25, 0.3) is 0 Å². The number of hydrogen-bond acceptors (Lipinski definition) is 3. The van der Waals surface area contributed by atoms with Crippen LogP contribution in [0.1, 0.15) is 18.5 Å². The fourth-order valence-electron chi connectivity index (χ4n) is 2.28. The molecular weight excluding hydrogens is 248 g/mol. The number of urea groups is 1. The first-order valence-electron chi connectivity index (χ1n) is 6.27. The summed E-state index contributed by atoms with van der Waals surface area (Å²) in [5.41, 5.74) is 0.926. The number of carbonyl (C=O) groups is 2. The Morgan fingerprint density at radius 2 is 2.37 bits per heavy atom. The lowest BCUT2D eigenvalue weighted by Crippen LogP contribution is -2.38. The first-order valence-corrected chi connectivity index (χ1v) is 6.27. The van der Waals surface area contributed by atoms with E-state index in [9.17, 15) is 9.59 Å². The number of nitrogens with zero attached hydrogens (tertiary/aromatic N) is 3. The summed E-state index contributed by atoms with van der Waals surface area (Å²) in [7, 11) is 1.82. The third-order valence-electron chi connectivity index (χ3n) is 3.38. The van der Waals surface area contributed by atoms with Gasteiger partial charge in [0.15, 0.2) is 0 Å². The lowest BCUT2D eigenvalue weighted by molar-refractivity contribution is -0.138. The van der Waals surface area contributed by atoms with Crippen molar-refractivity contribution in [1.82, 2.24) is 20.0 Å². The Labute approximate surface area is 111 Å². The minimum absolute atomic E-state index is 0.0694. The molecule has 7 nitrogen and oxygen atoms in total. The van der Waals surface area contributed by atoms with E-state index in [-0.39, 0.29) is 18.4 Å². The molecule has 2 rings (SSSR count). The number of aryl methyl sites for hydroxylation is 1. The number of carbonyl (C=O) groups excluding carboxylic acids is 1. The van der Waals surface area contributed by atoms with Crippen LogP contribution in [0.2, 0.25) is 0 Å². The van der Waals surface area contributed by atoms with Crippen LogP contribution in [0.5, 0.6) is 0 Å². The summed E-state index contributed by atoms with van der Waals surface area (Å²) in [6.07, 6.45) is 2.57. The largest absolute Gasteiger partial charge is 0.481 e. The zero-order chi connectivity index (χ0) is 13.8. The maximum absolute atomic E-state index is 11.9. The van der Waals surface area contributed by atoms with Crippen molar-refractivity contribution in [1.29, 1.82) is 0 Å². The van der Waals surface area contributed by atoms with Gasteiger partial charge in [-0.3, -0.25) is 9.48 Å². The van der Waals surface area contributed by atoms with Gasteiger partial charge in [-0.2, -0.15) is 5.10 Å². The van der Waals surface area contributed by atoms with E-state index in [4.69, 9.17) is 5.11 Å². The molecule has 0 aliphatic carbocycles. The zero-order valence-electron chi connectivity index (χ0n) is 10.9. The molecule has 1 atom stereocenters. The highest BCUT2D eigenvalue weighted by atomic mass is 16.4. The number of hydrogen-bond donors (Lipinski definition) is 2. The highest BCUT2D eigenvalue weighted by Gasteiger charge is 2.27. The maximum Gasteiger partial charge on any atom is 0.317 e. The molecule has 0 aromatic carbocycles. The fourth-order valence-corrected chi connectivity index (χ4v) is 2.28. The number of likely N-dealkylation sites (tertiary alicyclic amines) is 1. The number of carboxylic acids is 1. The van der Waals surface area contributed by atoms with Crippen LogP contribution in [-0.4, -0.2) is 44.9 Å². The number of aromatic nitrogens is 2. The van der Waals surface area contributed by atoms with E-state index < -0.39 is 5.97 Å². The van der Waals surface area contributed by atoms with Gasteiger partial charge in [-0.1, -0.05) is 0 Å². The van der Waals surface area contributed by atoms with Crippen LogP contribution in [-0.2, 0) is 18.4 Å². The first kappa shape index (κ1) is 13.4. The molecule has 1 aromatic rings. The lowest BCUT2D eigenvalue weighted by atomic mass is 10.1. The van der Waals surface area contributed by atoms with Crippen molar-refractivity contribution < 1.29 is 14.7 Å². The van der Waals surface area contributed by atoms with E-state index in [1.807, 2.05) is 13.1 Å². The van der Waals surface area contributed by atoms with E-state index in [2.05, 4.69) is 10.4 Å². The summed E-state index contributed by atoms with van der Waals surface area (Å²) < 4.78 is 1.71. The van der Waals surface area contributed by atoms with Gasteiger partial charge >= 0.3 is 12.0 Å². The Hall–Kier alpha value is -2.05. The summed E-state index contributed by atoms with van der Waals surface area (Å²) in [5.74, 6) is -0.734. The van der Waals surface area contributed by atoms with Gasteiger partial charge in [-0.05, 0) is 18.4 Å². The van der Waals surface area contributed by atoms with E-state index >= 15 is 0 Å². The van der Waals surface area contributed by atoms with Crippen LogP contribution in [0.25, 0.3) is 0 Å². The number of aliphatic carboxylic acids is 1. The Balaban J connectivity index is 1.78. The van der Waals surface area contributed by atoms with Gasteiger partial charge in [0.2, 0.25) is 0 Å². The molecule has 1 aromatic heterocycles. The summed E-state index contributed by atoms with van der Waals surface area (Å²) in [4.78, 5) is 24.2. The summed E-state index contributed by atoms with van der Waals surface area (Å²) in [6.45, 7) is 1.56. The second kappa shape index (κ2) is 5.73. The van der Waals surface area contributed by atoms with Crippen LogP contribution in [0.4, 0.5) is 4.79 Å². The molecule has 19 heavy (non-hydrogen) atoms. The van der Waals surface area contributed by atoms with Crippen LogP contribution < -0.4 is 5.32 Å². The normalized spacial score (nSPS) is 18.6. The molecule has 0 bridgehead atoms. The van der Waals surface area contributed by atoms with Gasteiger partial charge in [-0.25, -0.2) is 4.79 Å². The van der Waals surface area contributed by atoms with Gasteiger partial charge in [0.05, 0.1) is 12.2 Å². The average molecular weight is 266 g/mol. The molecule has 0 saturated carbocycles. The molecule has 0 radical (unpaired) electrons. The molecule has 2 heterocycles. The predicted octanol–water partition coefficient (Wildman–Crippen LogP) is 0.426. The average Bonchev–Trinajstić information content (AvgIpc) is 2.95. The maximum atomic E-state index is 11.9. The van der Waals surface area contributed by atoms with Gasteiger partial charge < -0.3 is 15.3 Å².